The molecule has 0 spiro atoms. The van der Waals surface area contributed by atoms with Gasteiger partial charge in [-0.1, -0.05) is 6.07 Å². The number of fused-ring (bicyclic) bond motifs is 1. The highest BCUT2D eigenvalue weighted by atomic mass is 16.6. The largest absolute Gasteiger partial charge is 0.395 e. The summed E-state index contributed by atoms with van der Waals surface area (Å²) < 4.78 is 1.37. The van der Waals surface area contributed by atoms with Gasteiger partial charge in [-0.05, 0) is 11.0 Å². The fraction of sp³-hybridized carbons (Fsp3) is 0.364. The van der Waals surface area contributed by atoms with Gasteiger partial charge in [-0.3, -0.25) is 0 Å². The molecule has 0 bridgehead atoms. The van der Waals surface area contributed by atoms with Crippen LogP contribution in [0, 0.1) is 10.1 Å². The first-order valence-electron chi connectivity index (χ1n) is 5.77. The van der Waals surface area contributed by atoms with E-state index < -0.39 is 4.92 Å². The lowest BCUT2D eigenvalue weighted by atomic mass is 10.4. The zero-order valence-corrected chi connectivity index (χ0v) is 10.1. The van der Waals surface area contributed by atoms with E-state index in [1.807, 2.05) is 0 Å². The second-order valence-electron chi connectivity index (χ2n) is 3.88. The Hall–Kier alpha value is -2.19. The van der Waals surface area contributed by atoms with Crippen molar-refractivity contribution in [3.05, 3.63) is 34.5 Å². The van der Waals surface area contributed by atoms with Crippen LogP contribution in [-0.2, 0) is 0 Å². The summed E-state index contributed by atoms with van der Waals surface area (Å²) in [6.07, 6.45) is 1.56. The van der Waals surface area contributed by atoms with Gasteiger partial charge in [-0.2, -0.15) is 9.38 Å². The van der Waals surface area contributed by atoms with E-state index in [-0.39, 0.29) is 37.9 Å². The Kier molecular flexibility index (Phi) is 3.93. The number of anilines is 1. The Morgan fingerprint density at radius 2 is 2.00 bits per heavy atom. The average molecular weight is 266 g/mol. The highest BCUT2D eigenvalue weighted by Gasteiger charge is 2.26. The van der Waals surface area contributed by atoms with Gasteiger partial charge in [0.25, 0.3) is 0 Å². The Balaban J connectivity index is 2.56. The number of rotatable bonds is 6. The van der Waals surface area contributed by atoms with E-state index in [1.54, 1.807) is 24.4 Å². The van der Waals surface area contributed by atoms with Gasteiger partial charge in [-0.15, -0.1) is 0 Å². The maximum Gasteiger partial charge on any atom is 0.372 e. The van der Waals surface area contributed by atoms with Crippen molar-refractivity contribution in [1.82, 2.24) is 9.38 Å². The lowest BCUT2D eigenvalue weighted by molar-refractivity contribution is -0.389. The maximum absolute atomic E-state index is 11.2. The lowest BCUT2D eigenvalue weighted by Gasteiger charge is -2.19. The fourth-order valence-electron chi connectivity index (χ4n) is 1.92. The molecule has 0 unspecified atom stereocenters. The SMILES string of the molecule is O=[N+]([O-])c1c(N(CCO)CCO)nc2ccccn12. The third kappa shape index (κ3) is 2.49. The molecule has 0 aliphatic carbocycles. The van der Waals surface area contributed by atoms with Crippen LogP contribution < -0.4 is 4.90 Å². The summed E-state index contributed by atoms with van der Waals surface area (Å²) in [4.78, 5) is 16.4. The molecule has 0 amide bonds. The summed E-state index contributed by atoms with van der Waals surface area (Å²) in [6.45, 7) is -0.00733. The van der Waals surface area contributed by atoms with Crippen molar-refractivity contribution in [3.8, 4) is 0 Å². The van der Waals surface area contributed by atoms with E-state index in [4.69, 9.17) is 10.2 Å². The van der Waals surface area contributed by atoms with E-state index in [2.05, 4.69) is 4.98 Å². The van der Waals surface area contributed by atoms with Gasteiger partial charge in [0.15, 0.2) is 0 Å². The average Bonchev–Trinajstić information content (AvgIpc) is 2.77. The Bertz CT molecular complexity index is 577. The van der Waals surface area contributed by atoms with Crippen LogP contribution in [0.1, 0.15) is 0 Å². The normalized spacial score (nSPS) is 10.8. The van der Waals surface area contributed by atoms with Crippen molar-refractivity contribution < 1.29 is 15.1 Å². The summed E-state index contributed by atoms with van der Waals surface area (Å²) >= 11 is 0. The van der Waals surface area contributed by atoms with Gasteiger partial charge < -0.3 is 25.2 Å². The van der Waals surface area contributed by atoms with E-state index in [9.17, 15) is 10.1 Å². The molecule has 0 aliphatic heterocycles. The molecule has 2 aromatic rings. The number of pyridine rings is 1. The molecule has 2 rings (SSSR count). The lowest BCUT2D eigenvalue weighted by Crippen LogP contribution is -2.30. The van der Waals surface area contributed by atoms with Crippen LogP contribution in [0.2, 0.25) is 0 Å². The summed E-state index contributed by atoms with van der Waals surface area (Å²) in [5, 5.41) is 29.2. The van der Waals surface area contributed by atoms with Crippen LogP contribution in [0.25, 0.3) is 5.65 Å². The van der Waals surface area contributed by atoms with Crippen LogP contribution in [-0.4, -0.2) is 50.8 Å². The minimum atomic E-state index is -0.517. The smallest absolute Gasteiger partial charge is 0.372 e. The van der Waals surface area contributed by atoms with Gasteiger partial charge in [-0.25, -0.2) is 0 Å². The highest BCUT2D eigenvalue weighted by molar-refractivity contribution is 5.63. The number of imidazole rings is 1. The van der Waals surface area contributed by atoms with Crippen molar-refractivity contribution in [2.24, 2.45) is 0 Å². The molecule has 8 nitrogen and oxygen atoms in total. The number of hydrogen-bond acceptors (Lipinski definition) is 6. The molecule has 8 heteroatoms. The molecule has 0 saturated heterocycles. The van der Waals surface area contributed by atoms with Crippen LogP contribution in [0.15, 0.2) is 24.4 Å². The van der Waals surface area contributed by atoms with Crippen LogP contribution in [0.3, 0.4) is 0 Å². The Morgan fingerprint density at radius 1 is 1.32 bits per heavy atom. The molecule has 19 heavy (non-hydrogen) atoms. The molecular weight excluding hydrogens is 252 g/mol. The van der Waals surface area contributed by atoms with E-state index >= 15 is 0 Å². The first-order valence-corrected chi connectivity index (χ1v) is 5.77. The summed E-state index contributed by atoms with van der Waals surface area (Å²) in [6, 6.07) is 5.07. The number of aliphatic hydroxyl groups excluding tert-OH is 2. The minimum absolute atomic E-state index is 0.152. The minimum Gasteiger partial charge on any atom is -0.395 e. The summed E-state index contributed by atoms with van der Waals surface area (Å²) in [5.41, 5.74) is 0.449. The first kappa shape index (κ1) is 13.2. The van der Waals surface area contributed by atoms with Crippen LogP contribution in [0.4, 0.5) is 11.6 Å². The maximum atomic E-state index is 11.2. The quantitative estimate of drug-likeness (QED) is 0.565. The molecule has 0 radical (unpaired) electrons. The molecule has 2 aromatic heterocycles. The van der Waals surface area contributed by atoms with Gasteiger partial charge in [0.2, 0.25) is 11.5 Å². The standard InChI is InChI=1S/C11H14N4O4/c16-7-5-13(6-8-17)10-11(15(18)19)14-4-2-1-3-9(14)12-10/h1-4,16-17H,5-8H2. The van der Waals surface area contributed by atoms with Crippen molar-refractivity contribution in [3.63, 3.8) is 0 Å². The first-order chi connectivity index (χ1) is 9.19. The predicted octanol–water partition coefficient (Wildman–Crippen LogP) is 0.0335. The van der Waals surface area contributed by atoms with Gasteiger partial charge >= 0.3 is 5.82 Å². The van der Waals surface area contributed by atoms with Crippen LogP contribution >= 0.6 is 0 Å². The Labute approximate surface area is 108 Å². The zero-order valence-electron chi connectivity index (χ0n) is 10.1. The second-order valence-corrected chi connectivity index (χ2v) is 3.88. The number of hydrogen-bond donors (Lipinski definition) is 2. The molecule has 2 N–H and O–H groups in total. The van der Waals surface area contributed by atoms with E-state index in [0.29, 0.717) is 5.65 Å². The van der Waals surface area contributed by atoms with Crippen molar-refractivity contribution in [2.75, 3.05) is 31.2 Å². The van der Waals surface area contributed by atoms with Crippen LogP contribution in [0.5, 0.6) is 0 Å². The molecule has 0 fully saturated rings. The molecule has 0 aromatic carbocycles. The second kappa shape index (κ2) is 5.63. The highest BCUT2D eigenvalue weighted by Crippen LogP contribution is 2.28. The van der Waals surface area contributed by atoms with Gasteiger partial charge in [0.05, 0.1) is 19.4 Å². The fourth-order valence-corrected chi connectivity index (χ4v) is 1.92. The van der Waals surface area contributed by atoms with Gasteiger partial charge in [0, 0.05) is 19.2 Å². The van der Waals surface area contributed by atoms with E-state index in [0.717, 1.165) is 0 Å². The molecule has 102 valence electrons. The molecular formula is C11H14N4O4. The monoisotopic (exact) mass is 266 g/mol. The molecule has 2 heterocycles. The van der Waals surface area contributed by atoms with Crippen molar-refractivity contribution in [1.29, 1.82) is 0 Å². The predicted molar refractivity (Wildman–Crippen MR) is 68.2 cm³/mol. The third-order valence-electron chi connectivity index (χ3n) is 2.70. The molecule has 0 aliphatic rings. The molecule has 0 atom stereocenters. The number of aliphatic hydroxyl groups is 2. The number of nitrogens with zero attached hydrogens (tertiary/aromatic N) is 4. The molecule has 0 saturated carbocycles. The number of aromatic nitrogens is 2. The van der Waals surface area contributed by atoms with Crippen molar-refractivity contribution in [2.45, 2.75) is 0 Å². The summed E-state index contributed by atoms with van der Waals surface area (Å²) in [7, 11) is 0. The van der Waals surface area contributed by atoms with Crippen molar-refractivity contribution >= 4 is 17.3 Å². The third-order valence-corrected chi connectivity index (χ3v) is 2.70. The zero-order chi connectivity index (χ0) is 13.8. The summed E-state index contributed by atoms with van der Waals surface area (Å²) in [5.74, 6) is -0.0169. The van der Waals surface area contributed by atoms with E-state index in [1.165, 1.54) is 9.30 Å². The topological polar surface area (TPSA) is 104 Å². The number of nitro groups is 1. The van der Waals surface area contributed by atoms with Gasteiger partial charge in [0.1, 0.15) is 0 Å². The Morgan fingerprint density at radius 3 is 2.58 bits per heavy atom.